The van der Waals surface area contributed by atoms with Crippen molar-refractivity contribution in [2.24, 2.45) is 11.8 Å². The number of hydrogen-bond donors (Lipinski definition) is 1. The monoisotopic (exact) mass is 288 g/mol. The molecule has 0 amide bonds. The molecular weight excluding hydrogens is 260 g/mol. The van der Waals surface area contributed by atoms with Crippen molar-refractivity contribution in [3.63, 3.8) is 0 Å². The number of sulfonamides is 1. The van der Waals surface area contributed by atoms with Gasteiger partial charge in [-0.05, 0) is 50.5 Å². The van der Waals surface area contributed by atoms with Crippen molar-refractivity contribution >= 4 is 10.0 Å². The summed E-state index contributed by atoms with van der Waals surface area (Å²) in [6.07, 6.45) is 8.71. The fourth-order valence-electron chi connectivity index (χ4n) is 3.15. The van der Waals surface area contributed by atoms with Crippen molar-refractivity contribution < 1.29 is 8.42 Å². The fraction of sp³-hybridized carbons (Fsp3) is 1.00. The summed E-state index contributed by atoms with van der Waals surface area (Å²) in [7, 11) is -3.00. The standard InChI is InChI=1S/C14H28N2O2S/c1-12(10-15-14-6-3-7-14)9-13-5-4-8-16(11-13)19(2,17)18/h12-15H,3-11H2,1-2H3. The Kier molecular flexibility index (Phi) is 5.26. The number of piperidine rings is 1. The van der Waals surface area contributed by atoms with Crippen LogP contribution in [0.2, 0.25) is 0 Å². The normalized spacial score (nSPS) is 28.0. The Morgan fingerprint density at radius 2 is 2.00 bits per heavy atom. The summed E-state index contributed by atoms with van der Waals surface area (Å²) in [4.78, 5) is 0. The highest BCUT2D eigenvalue weighted by molar-refractivity contribution is 7.88. The Balaban J connectivity index is 1.71. The minimum atomic E-state index is -3.00. The lowest BCUT2D eigenvalue weighted by Crippen LogP contribution is -2.41. The molecule has 2 atom stereocenters. The summed E-state index contributed by atoms with van der Waals surface area (Å²) in [5.41, 5.74) is 0. The van der Waals surface area contributed by atoms with Crippen molar-refractivity contribution in [3.05, 3.63) is 0 Å². The summed E-state index contributed by atoms with van der Waals surface area (Å²) in [5.74, 6) is 1.19. The van der Waals surface area contributed by atoms with E-state index in [1.807, 2.05) is 0 Å². The summed E-state index contributed by atoms with van der Waals surface area (Å²) < 4.78 is 24.8. The molecule has 1 aliphatic heterocycles. The van der Waals surface area contributed by atoms with Gasteiger partial charge in [0.1, 0.15) is 0 Å². The van der Waals surface area contributed by atoms with Gasteiger partial charge in [0.2, 0.25) is 10.0 Å². The van der Waals surface area contributed by atoms with Crippen molar-refractivity contribution in [1.82, 2.24) is 9.62 Å². The highest BCUT2D eigenvalue weighted by Gasteiger charge is 2.27. The van der Waals surface area contributed by atoms with E-state index in [0.29, 0.717) is 18.4 Å². The molecule has 1 saturated heterocycles. The van der Waals surface area contributed by atoms with E-state index in [0.717, 1.165) is 32.0 Å². The van der Waals surface area contributed by atoms with Crippen LogP contribution in [0, 0.1) is 11.8 Å². The van der Waals surface area contributed by atoms with Gasteiger partial charge in [-0.25, -0.2) is 12.7 Å². The Labute approximate surface area is 118 Å². The molecule has 0 aromatic rings. The van der Waals surface area contributed by atoms with Crippen LogP contribution in [0.4, 0.5) is 0 Å². The van der Waals surface area contributed by atoms with Gasteiger partial charge in [-0.1, -0.05) is 13.3 Å². The van der Waals surface area contributed by atoms with Gasteiger partial charge in [0.15, 0.2) is 0 Å². The predicted octanol–water partition coefficient (Wildman–Crippen LogP) is 1.83. The molecule has 1 aliphatic carbocycles. The molecule has 1 N–H and O–H groups in total. The SMILES string of the molecule is CC(CNC1CCC1)CC1CCCN(S(C)(=O)=O)C1. The lowest BCUT2D eigenvalue weighted by atomic mass is 9.88. The average molecular weight is 288 g/mol. The van der Waals surface area contributed by atoms with Crippen LogP contribution in [-0.4, -0.2) is 44.7 Å². The fourth-order valence-corrected chi connectivity index (χ4v) is 4.10. The quantitative estimate of drug-likeness (QED) is 0.811. The lowest BCUT2D eigenvalue weighted by molar-refractivity contribution is 0.226. The topological polar surface area (TPSA) is 49.4 Å². The third-order valence-electron chi connectivity index (χ3n) is 4.55. The molecule has 1 heterocycles. The second-order valence-electron chi connectivity index (χ2n) is 6.51. The molecular formula is C14H28N2O2S. The van der Waals surface area contributed by atoms with Crippen LogP contribution in [0.3, 0.4) is 0 Å². The van der Waals surface area contributed by atoms with Crippen LogP contribution >= 0.6 is 0 Å². The van der Waals surface area contributed by atoms with Crippen molar-refractivity contribution in [1.29, 1.82) is 0 Å². The Bertz CT molecular complexity index is 379. The first kappa shape index (κ1) is 15.3. The van der Waals surface area contributed by atoms with Crippen LogP contribution in [0.5, 0.6) is 0 Å². The van der Waals surface area contributed by atoms with Crippen molar-refractivity contribution in [2.75, 3.05) is 25.9 Å². The molecule has 0 aromatic heterocycles. The predicted molar refractivity (Wildman–Crippen MR) is 78.6 cm³/mol. The van der Waals surface area contributed by atoms with Crippen LogP contribution in [0.25, 0.3) is 0 Å². The van der Waals surface area contributed by atoms with Gasteiger partial charge in [-0.15, -0.1) is 0 Å². The van der Waals surface area contributed by atoms with E-state index in [9.17, 15) is 8.42 Å². The molecule has 1 saturated carbocycles. The van der Waals surface area contributed by atoms with Crippen molar-refractivity contribution in [3.8, 4) is 0 Å². The molecule has 2 rings (SSSR count). The first-order valence-electron chi connectivity index (χ1n) is 7.63. The van der Waals surface area contributed by atoms with Crippen molar-refractivity contribution in [2.45, 2.75) is 51.5 Å². The molecule has 112 valence electrons. The maximum atomic E-state index is 11.6. The van der Waals surface area contributed by atoms with Crippen LogP contribution < -0.4 is 5.32 Å². The molecule has 0 spiro atoms. The number of nitrogens with one attached hydrogen (secondary N) is 1. The van der Waals surface area contributed by atoms with Gasteiger partial charge in [-0.2, -0.15) is 0 Å². The molecule has 2 aliphatic rings. The summed E-state index contributed by atoms with van der Waals surface area (Å²) >= 11 is 0. The van der Waals surface area contributed by atoms with Gasteiger partial charge in [-0.3, -0.25) is 0 Å². The maximum absolute atomic E-state index is 11.6. The zero-order valence-corrected chi connectivity index (χ0v) is 13.1. The molecule has 0 bridgehead atoms. The average Bonchev–Trinajstić information content (AvgIpc) is 2.26. The van der Waals surface area contributed by atoms with E-state index in [2.05, 4.69) is 12.2 Å². The first-order chi connectivity index (χ1) is 8.95. The van der Waals surface area contributed by atoms with Gasteiger partial charge in [0.25, 0.3) is 0 Å². The Hall–Kier alpha value is -0.130. The number of nitrogens with zero attached hydrogens (tertiary/aromatic N) is 1. The molecule has 0 aromatic carbocycles. The molecule has 19 heavy (non-hydrogen) atoms. The molecule has 2 unspecified atom stereocenters. The Morgan fingerprint density at radius 1 is 1.26 bits per heavy atom. The summed E-state index contributed by atoms with van der Waals surface area (Å²) in [6, 6.07) is 0.751. The third kappa shape index (κ3) is 4.72. The maximum Gasteiger partial charge on any atom is 0.211 e. The molecule has 4 nitrogen and oxygen atoms in total. The summed E-state index contributed by atoms with van der Waals surface area (Å²) in [5, 5.41) is 3.62. The van der Waals surface area contributed by atoms with E-state index in [-0.39, 0.29) is 0 Å². The van der Waals surface area contributed by atoms with Crippen LogP contribution in [0.15, 0.2) is 0 Å². The molecule has 0 radical (unpaired) electrons. The lowest BCUT2D eigenvalue weighted by Gasteiger charge is -2.33. The largest absolute Gasteiger partial charge is 0.314 e. The summed E-state index contributed by atoms with van der Waals surface area (Å²) in [6.45, 7) is 4.81. The highest BCUT2D eigenvalue weighted by atomic mass is 32.2. The third-order valence-corrected chi connectivity index (χ3v) is 5.82. The minimum Gasteiger partial charge on any atom is -0.314 e. The zero-order chi connectivity index (χ0) is 13.9. The molecule has 2 fully saturated rings. The van der Waals surface area contributed by atoms with Crippen LogP contribution in [0.1, 0.15) is 45.4 Å². The highest BCUT2D eigenvalue weighted by Crippen LogP contribution is 2.25. The van der Waals surface area contributed by atoms with Gasteiger partial charge in [0, 0.05) is 19.1 Å². The van der Waals surface area contributed by atoms with E-state index in [4.69, 9.17) is 0 Å². The zero-order valence-electron chi connectivity index (χ0n) is 12.3. The second kappa shape index (κ2) is 6.55. The van der Waals surface area contributed by atoms with E-state index >= 15 is 0 Å². The first-order valence-corrected chi connectivity index (χ1v) is 9.48. The van der Waals surface area contributed by atoms with Gasteiger partial charge >= 0.3 is 0 Å². The van der Waals surface area contributed by atoms with E-state index < -0.39 is 10.0 Å². The second-order valence-corrected chi connectivity index (χ2v) is 8.49. The molecule has 5 heteroatoms. The van der Waals surface area contributed by atoms with Gasteiger partial charge in [0.05, 0.1) is 6.26 Å². The van der Waals surface area contributed by atoms with E-state index in [1.165, 1.54) is 31.9 Å². The number of hydrogen-bond acceptors (Lipinski definition) is 3. The smallest absolute Gasteiger partial charge is 0.211 e. The van der Waals surface area contributed by atoms with Gasteiger partial charge < -0.3 is 5.32 Å². The minimum absolute atomic E-state index is 0.543. The van der Waals surface area contributed by atoms with E-state index in [1.54, 1.807) is 4.31 Å². The van der Waals surface area contributed by atoms with Crippen LogP contribution in [-0.2, 0) is 10.0 Å². The number of rotatable bonds is 6. The Morgan fingerprint density at radius 3 is 2.58 bits per heavy atom.